The number of benzene rings is 1. The Kier molecular flexibility index (Phi) is 10.7. The maximum atomic E-state index is 13.7. The molecule has 0 aromatic heterocycles. The van der Waals surface area contributed by atoms with E-state index in [0.717, 1.165) is 0 Å². The van der Waals surface area contributed by atoms with Gasteiger partial charge in [0.15, 0.2) is 17.4 Å². The van der Waals surface area contributed by atoms with Crippen molar-refractivity contribution in [1.29, 1.82) is 0 Å². The summed E-state index contributed by atoms with van der Waals surface area (Å²) in [4.78, 5) is -1.22. The second kappa shape index (κ2) is 12.2. The molecule has 0 atom stereocenters. The topological polar surface area (TPSA) is 78.4 Å². The van der Waals surface area contributed by atoms with Crippen LogP contribution in [0.5, 0.6) is 5.75 Å². The van der Waals surface area contributed by atoms with Crippen molar-refractivity contribution in [3.8, 4) is 5.75 Å². The van der Waals surface area contributed by atoms with E-state index in [-0.39, 0.29) is 38.5 Å². The number of methoxy groups -OCH3 is 1. The second-order valence-corrected chi connectivity index (χ2v) is 4.91. The second-order valence-electron chi connectivity index (χ2n) is 4.20. The van der Waals surface area contributed by atoms with Crippen LogP contribution in [0.2, 0.25) is 0 Å². The fourth-order valence-electron chi connectivity index (χ4n) is 1.51. The zero-order chi connectivity index (χ0) is 18.7. The van der Waals surface area contributed by atoms with Crippen LogP contribution in [-0.4, -0.2) is 46.8 Å². The molecule has 0 N–H and O–H groups in total. The van der Waals surface area contributed by atoms with Crippen molar-refractivity contribution in [1.82, 2.24) is 0 Å². The molecule has 7 nitrogen and oxygen atoms in total. The smallest absolute Gasteiger partial charge is 0.205 e. The van der Waals surface area contributed by atoms with E-state index in [0.29, 0.717) is 13.2 Å². The van der Waals surface area contributed by atoms with Gasteiger partial charge >= 0.3 is 0 Å². The van der Waals surface area contributed by atoms with E-state index in [4.69, 9.17) is 14.2 Å². The van der Waals surface area contributed by atoms with Gasteiger partial charge in [0.1, 0.15) is 11.5 Å². The van der Waals surface area contributed by atoms with E-state index in [1.54, 1.807) is 0 Å². The summed E-state index contributed by atoms with van der Waals surface area (Å²) in [6, 6.07) is 0. The lowest BCUT2D eigenvalue weighted by Gasteiger charge is -2.13. The molecule has 0 aliphatic carbocycles. The minimum Gasteiger partial charge on any atom is -0.691 e. The molecule has 1 rings (SSSR count). The van der Waals surface area contributed by atoms with Gasteiger partial charge in [-0.15, -0.1) is 0 Å². The molecule has 0 saturated heterocycles. The Morgan fingerprint density at radius 3 is 1.84 bits per heavy atom. The van der Waals surface area contributed by atoms with Crippen molar-refractivity contribution >= 4 is 12.0 Å². The number of hydrogen-bond acceptors (Lipinski definition) is 8. The lowest BCUT2D eigenvalue weighted by molar-refractivity contribution is -0.777. The minimum atomic E-state index is -1.79. The molecule has 144 valence electrons. The van der Waals surface area contributed by atoms with Crippen LogP contribution in [0.4, 0.5) is 17.6 Å². The highest BCUT2D eigenvalue weighted by atomic mass is 32.2. The molecular formula is C13H15F4O7S-. The molecule has 0 fully saturated rings. The Bertz CT molecular complexity index is 507. The third kappa shape index (κ3) is 6.93. The summed E-state index contributed by atoms with van der Waals surface area (Å²) in [5, 5.41) is 12.5. The summed E-state index contributed by atoms with van der Waals surface area (Å²) in [5.41, 5.74) is 0. The van der Waals surface area contributed by atoms with Crippen molar-refractivity contribution in [3.63, 3.8) is 0 Å². The molecule has 0 unspecified atom stereocenters. The van der Waals surface area contributed by atoms with E-state index in [2.05, 4.69) is 14.1 Å². The van der Waals surface area contributed by atoms with Gasteiger partial charge in [0.25, 0.3) is 0 Å². The first-order valence-corrected chi connectivity index (χ1v) is 7.55. The van der Waals surface area contributed by atoms with Gasteiger partial charge < -0.3 is 24.2 Å². The standard InChI is InChI=1S/C13H16F4O7S/c1-19-2-3-20-4-5-21-6-7-22-12-8(14)10(16)13(25-24-23-18)11(17)9(12)15/h18H,2-7H2,1H3/p-1. The molecular weight excluding hydrogens is 376 g/mol. The Balaban J connectivity index is 2.48. The van der Waals surface area contributed by atoms with E-state index in [9.17, 15) is 22.8 Å². The van der Waals surface area contributed by atoms with Crippen LogP contribution < -0.4 is 9.99 Å². The largest absolute Gasteiger partial charge is 0.691 e. The molecule has 0 heterocycles. The van der Waals surface area contributed by atoms with Crippen molar-refractivity contribution in [2.24, 2.45) is 0 Å². The molecule has 0 bridgehead atoms. The zero-order valence-electron chi connectivity index (χ0n) is 13.0. The Morgan fingerprint density at radius 2 is 1.32 bits per heavy atom. The summed E-state index contributed by atoms with van der Waals surface area (Å²) in [6.45, 7) is 0.804. The zero-order valence-corrected chi connectivity index (χ0v) is 13.8. The van der Waals surface area contributed by atoms with Crippen LogP contribution in [0.25, 0.3) is 0 Å². The van der Waals surface area contributed by atoms with Crippen LogP contribution in [0.1, 0.15) is 0 Å². The molecule has 0 spiro atoms. The Hall–Kier alpha value is -1.15. The number of halogens is 4. The van der Waals surface area contributed by atoms with Gasteiger partial charge in [0.2, 0.25) is 11.6 Å². The first-order valence-electron chi connectivity index (χ1n) is 6.80. The highest BCUT2D eigenvalue weighted by Gasteiger charge is 2.27. The lowest BCUT2D eigenvalue weighted by atomic mass is 10.3. The Morgan fingerprint density at radius 1 is 0.800 bits per heavy atom. The molecule has 0 aliphatic rings. The van der Waals surface area contributed by atoms with Gasteiger partial charge in [-0.3, -0.25) is 5.04 Å². The molecule has 25 heavy (non-hydrogen) atoms. The van der Waals surface area contributed by atoms with Gasteiger partial charge in [0, 0.05) is 7.11 Å². The highest BCUT2D eigenvalue weighted by Crippen LogP contribution is 2.35. The van der Waals surface area contributed by atoms with Crippen LogP contribution >= 0.6 is 12.0 Å². The van der Waals surface area contributed by atoms with Crippen LogP contribution in [0, 0.1) is 23.3 Å². The predicted octanol–water partition coefficient (Wildman–Crippen LogP) is 1.53. The highest BCUT2D eigenvalue weighted by molar-refractivity contribution is 7.94. The maximum absolute atomic E-state index is 13.7. The molecule has 0 saturated carbocycles. The van der Waals surface area contributed by atoms with Gasteiger partial charge in [-0.25, -0.2) is 8.78 Å². The Labute approximate surface area is 144 Å². The van der Waals surface area contributed by atoms with E-state index in [1.165, 1.54) is 7.11 Å². The van der Waals surface area contributed by atoms with Gasteiger partial charge in [0.05, 0.1) is 45.1 Å². The van der Waals surface area contributed by atoms with Crippen molar-refractivity contribution in [3.05, 3.63) is 23.3 Å². The summed E-state index contributed by atoms with van der Waals surface area (Å²) in [7, 11) is 1.52. The summed E-state index contributed by atoms with van der Waals surface area (Å²) < 4.78 is 77.9. The fourth-order valence-corrected chi connectivity index (χ4v) is 1.93. The summed E-state index contributed by atoms with van der Waals surface area (Å²) in [5.74, 6) is -8.38. The summed E-state index contributed by atoms with van der Waals surface area (Å²) >= 11 is -0.314. The van der Waals surface area contributed by atoms with Crippen LogP contribution in [0.15, 0.2) is 4.90 Å². The number of rotatable bonds is 13. The third-order valence-electron chi connectivity index (χ3n) is 2.61. The van der Waals surface area contributed by atoms with E-state index >= 15 is 0 Å². The average Bonchev–Trinajstić information content (AvgIpc) is 2.61. The normalized spacial score (nSPS) is 11.1. The molecule has 12 heteroatoms. The number of hydrogen-bond donors (Lipinski definition) is 0. The SMILES string of the molecule is COCCOCCOCCOc1c(F)c(F)c(SOO[O-])c(F)c1F. The quantitative estimate of drug-likeness (QED) is 0.125. The van der Waals surface area contributed by atoms with Crippen LogP contribution in [0.3, 0.4) is 0 Å². The molecule has 1 aromatic rings. The van der Waals surface area contributed by atoms with E-state index in [1.807, 2.05) is 0 Å². The predicted molar refractivity (Wildman–Crippen MR) is 73.3 cm³/mol. The van der Waals surface area contributed by atoms with Gasteiger partial charge in [-0.1, -0.05) is 0 Å². The molecule has 0 radical (unpaired) electrons. The lowest BCUT2D eigenvalue weighted by Crippen LogP contribution is -2.14. The maximum Gasteiger partial charge on any atom is 0.205 e. The molecule has 1 aromatic carbocycles. The monoisotopic (exact) mass is 391 g/mol. The molecule has 0 aliphatic heterocycles. The fraction of sp³-hybridized carbons (Fsp3) is 0.538. The first kappa shape index (κ1) is 21.9. The van der Waals surface area contributed by atoms with Crippen molar-refractivity contribution < 1.29 is 51.1 Å². The van der Waals surface area contributed by atoms with Gasteiger partial charge in [-0.05, 0) is 0 Å². The van der Waals surface area contributed by atoms with Crippen molar-refractivity contribution in [2.45, 2.75) is 4.90 Å². The van der Waals surface area contributed by atoms with Gasteiger partial charge in [-0.2, -0.15) is 13.1 Å². The number of ether oxygens (including phenoxy) is 4. The summed E-state index contributed by atoms with van der Waals surface area (Å²) in [6.07, 6.45) is 0. The first-order chi connectivity index (χ1) is 12.0. The third-order valence-corrected chi connectivity index (χ3v) is 3.25. The van der Waals surface area contributed by atoms with Crippen molar-refractivity contribution in [2.75, 3.05) is 46.8 Å². The van der Waals surface area contributed by atoms with Crippen LogP contribution in [-0.2, 0) is 23.6 Å². The van der Waals surface area contributed by atoms with E-state index < -0.39 is 33.9 Å². The minimum absolute atomic E-state index is 0.0978. The molecule has 0 amide bonds. The average molecular weight is 391 g/mol.